The van der Waals surface area contributed by atoms with Crippen molar-refractivity contribution in [3.05, 3.63) is 81.4 Å². The number of hydrogen-bond acceptors (Lipinski definition) is 4. The predicted molar refractivity (Wildman–Crippen MR) is 110 cm³/mol. The Labute approximate surface area is 181 Å². The highest BCUT2D eigenvalue weighted by molar-refractivity contribution is 6.35. The molecule has 1 unspecified atom stereocenters. The lowest BCUT2D eigenvalue weighted by atomic mass is 9.98. The van der Waals surface area contributed by atoms with Gasteiger partial charge in [0.15, 0.2) is 5.82 Å². The zero-order chi connectivity index (χ0) is 22.5. The number of carbonyl (C=O) groups excluding carboxylic acids is 1. The molecule has 4 rings (SSSR count). The number of hydrogen-bond donors (Lipinski definition) is 0. The second-order valence-electron chi connectivity index (χ2n) is 7.13. The number of aromatic nitrogens is 2. The van der Waals surface area contributed by atoms with E-state index in [0.29, 0.717) is 33.5 Å². The monoisotopic (exact) mass is 447 g/mol. The van der Waals surface area contributed by atoms with Crippen molar-refractivity contribution in [3.8, 4) is 5.69 Å². The molecule has 1 aliphatic rings. The molecule has 0 saturated heterocycles. The third kappa shape index (κ3) is 3.72. The molecule has 31 heavy (non-hydrogen) atoms. The van der Waals surface area contributed by atoms with E-state index in [1.807, 2.05) is 0 Å². The molecular weight excluding hydrogens is 431 g/mol. The summed E-state index contributed by atoms with van der Waals surface area (Å²) >= 11 is 6.37. The lowest BCUT2D eigenvalue weighted by molar-refractivity contribution is -0.146. The SMILES string of the molecule is CC(=O)OC1N=C(c2ccccc2Cl)c2cc(C(F)(F)F)ccc2-n2c1nc(C)c2C. The molecule has 0 radical (unpaired) electrons. The van der Waals surface area contributed by atoms with Crippen molar-refractivity contribution in [1.82, 2.24) is 9.55 Å². The Hall–Kier alpha value is -3.13. The van der Waals surface area contributed by atoms with Gasteiger partial charge in [0.1, 0.15) is 0 Å². The van der Waals surface area contributed by atoms with E-state index in [1.165, 1.54) is 13.0 Å². The summed E-state index contributed by atoms with van der Waals surface area (Å²) in [5, 5.41) is 0.304. The second-order valence-corrected chi connectivity index (χ2v) is 7.53. The maximum Gasteiger partial charge on any atom is 0.416 e. The minimum absolute atomic E-state index is 0.181. The highest BCUT2D eigenvalue weighted by atomic mass is 35.5. The van der Waals surface area contributed by atoms with Crippen molar-refractivity contribution in [3.63, 3.8) is 0 Å². The van der Waals surface area contributed by atoms with Gasteiger partial charge in [-0.15, -0.1) is 0 Å². The van der Waals surface area contributed by atoms with Gasteiger partial charge in [0.05, 0.1) is 22.7 Å². The number of imidazole rings is 1. The first-order valence-electron chi connectivity index (χ1n) is 9.35. The molecule has 1 aliphatic heterocycles. The first-order chi connectivity index (χ1) is 14.6. The Bertz CT molecular complexity index is 1230. The fourth-order valence-electron chi connectivity index (χ4n) is 3.55. The molecule has 2 heterocycles. The van der Waals surface area contributed by atoms with Crippen LogP contribution in [-0.2, 0) is 15.7 Å². The van der Waals surface area contributed by atoms with Gasteiger partial charge in [-0.2, -0.15) is 13.2 Å². The van der Waals surface area contributed by atoms with Gasteiger partial charge in [0.2, 0.25) is 0 Å². The number of aliphatic imine (C=N–C) groups is 1. The van der Waals surface area contributed by atoms with E-state index in [-0.39, 0.29) is 11.3 Å². The van der Waals surface area contributed by atoms with Gasteiger partial charge in [-0.25, -0.2) is 9.98 Å². The van der Waals surface area contributed by atoms with Crippen LogP contribution in [0, 0.1) is 13.8 Å². The zero-order valence-corrected chi connectivity index (χ0v) is 17.5. The molecule has 0 spiro atoms. The van der Waals surface area contributed by atoms with E-state index < -0.39 is 23.9 Å². The van der Waals surface area contributed by atoms with Crippen molar-refractivity contribution in [2.75, 3.05) is 0 Å². The lowest BCUT2D eigenvalue weighted by Crippen LogP contribution is -2.12. The molecular formula is C22H17ClF3N3O2. The van der Waals surface area contributed by atoms with Crippen LogP contribution in [0.25, 0.3) is 5.69 Å². The van der Waals surface area contributed by atoms with Crippen LogP contribution in [0.5, 0.6) is 0 Å². The number of ether oxygens (including phenoxy) is 1. The highest BCUT2D eigenvalue weighted by Crippen LogP contribution is 2.38. The van der Waals surface area contributed by atoms with Crippen LogP contribution in [0.3, 0.4) is 0 Å². The van der Waals surface area contributed by atoms with Crippen LogP contribution in [0.15, 0.2) is 47.5 Å². The van der Waals surface area contributed by atoms with Crippen molar-refractivity contribution in [2.45, 2.75) is 33.2 Å². The number of aryl methyl sites for hydroxylation is 1. The van der Waals surface area contributed by atoms with Gasteiger partial charge < -0.3 is 4.74 Å². The quantitative estimate of drug-likeness (QED) is 0.482. The third-order valence-corrected chi connectivity index (χ3v) is 5.39. The summed E-state index contributed by atoms with van der Waals surface area (Å²) in [6.45, 7) is 4.79. The average Bonchev–Trinajstić information content (AvgIpc) is 2.92. The number of halogens is 4. The van der Waals surface area contributed by atoms with Gasteiger partial charge in [-0.1, -0.05) is 29.8 Å². The third-order valence-electron chi connectivity index (χ3n) is 5.06. The summed E-state index contributed by atoms with van der Waals surface area (Å²) in [5.74, 6) is -0.299. The minimum atomic E-state index is -4.55. The molecule has 0 aliphatic carbocycles. The van der Waals surface area contributed by atoms with Gasteiger partial charge >= 0.3 is 12.1 Å². The normalized spacial score (nSPS) is 15.6. The highest BCUT2D eigenvalue weighted by Gasteiger charge is 2.35. The fraction of sp³-hybridized carbons (Fsp3) is 0.227. The van der Waals surface area contributed by atoms with Crippen LogP contribution in [0.4, 0.5) is 13.2 Å². The van der Waals surface area contributed by atoms with Crippen LogP contribution in [0.2, 0.25) is 5.02 Å². The molecule has 0 bridgehead atoms. The smallest absolute Gasteiger partial charge is 0.416 e. The van der Waals surface area contributed by atoms with Gasteiger partial charge in [0.25, 0.3) is 6.23 Å². The molecule has 0 saturated carbocycles. The summed E-state index contributed by atoms with van der Waals surface area (Å²) < 4.78 is 47.7. The van der Waals surface area contributed by atoms with E-state index in [2.05, 4.69) is 9.98 Å². The second kappa shape index (κ2) is 7.53. The van der Waals surface area contributed by atoms with E-state index >= 15 is 0 Å². The summed E-state index contributed by atoms with van der Waals surface area (Å²) in [4.78, 5) is 20.8. The molecule has 0 fully saturated rings. The average molecular weight is 448 g/mol. The number of nitrogens with zero attached hydrogens (tertiary/aromatic N) is 3. The largest absolute Gasteiger partial charge is 0.432 e. The summed E-state index contributed by atoms with van der Waals surface area (Å²) in [6.07, 6.45) is -5.71. The molecule has 2 aromatic carbocycles. The lowest BCUT2D eigenvalue weighted by Gasteiger charge is -2.16. The first-order valence-corrected chi connectivity index (χ1v) is 9.73. The van der Waals surface area contributed by atoms with Crippen LogP contribution in [0.1, 0.15) is 47.1 Å². The molecule has 0 amide bonds. The van der Waals surface area contributed by atoms with E-state index in [9.17, 15) is 18.0 Å². The van der Waals surface area contributed by atoms with Gasteiger partial charge in [-0.05, 0) is 38.1 Å². The maximum atomic E-state index is 13.5. The molecule has 5 nitrogen and oxygen atoms in total. The van der Waals surface area contributed by atoms with Gasteiger partial charge in [-0.3, -0.25) is 9.36 Å². The van der Waals surface area contributed by atoms with Crippen molar-refractivity contribution >= 4 is 23.3 Å². The summed E-state index contributed by atoms with van der Waals surface area (Å²) in [5.41, 5.74) is 1.77. The first kappa shape index (κ1) is 21.1. The van der Waals surface area contributed by atoms with Crippen LogP contribution in [-0.4, -0.2) is 21.2 Å². The van der Waals surface area contributed by atoms with Crippen molar-refractivity contribution < 1.29 is 22.7 Å². The Morgan fingerprint density at radius 2 is 1.84 bits per heavy atom. The Balaban J connectivity index is 2.10. The number of esters is 1. The van der Waals surface area contributed by atoms with Crippen LogP contribution < -0.4 is 0 Å². The number of benzene rings is 2. The van der Waals surface area contributed by atoms with E-state index in [0.717, 1.165) is 12.1 Å². The van der Waals surface area contributed by atoms with E-state index in [4.69, 9.17) is 16.3 Å². The standard InChI is InChI=1S/C22H17ClF3N3O2/c1-11-12(2)29-18-9-8-14(22(24,25)26)10-16(18)19(15-6-4-5-7-17(15)23)28-21(20(29)27-11)31-13(3)30/h4-10,21H,1-3H3. The van der Waals surface area contributed by atoms with Crippen molar-refractivity contribution in [1.29, 1.82) is 0 Å². The summed E-state index contributed by atoms with van der Waals surface area (Å²) in [6, 6.07) is 10.1. The molecule has 1 atom stereocenters. The Kier molecular flexibility index (Phi) is 5.13. The number of alkyl halides is 3. The Morgan fingerprint density at radius 3 is 2.48 bits per heavy atom. The van der Waals surface area contributed by atoms with E-state index in [1.54, 1.807) is 42.7 Å². The number of rotatable bonds is 2. The molecule has 3 aromatic rings. The van der Waals surface area contributed by atoms with Crippen molar-refractivity contribution in [2.24, 2.45) is 4.99 Å². The topological polar surface area (TPSA) is 56.5 Å². The van der Waals surface area contributed by atoms with Gasteiger partial charge in [0, 0.05) is 28.8 Å². The number of fused-ring (bicyclic) bond motifs is 3. The fourth-order valence-corrected chi connectivity index (χ4v) is 3.78. The molecule has 0 N–H and O–H groups in total. The minimum Gasteiger partial charge on any atom is -0.432 e. The molecule has 160 valence electrons. The predicted octanol–water partition coefficient (Wildman–Crippen LogP) is 5.57. The van der Waals surface area contributed by atoms with Crippen LogP contribution >= 0.6 is 11.6 Å². The zero-order valence-electron chi connectivity index (χ0n) is 16.8. The number of carbonyl (C=O) groups is 1. The molecule has 9 heteroatoms. The Morgan fingerprint density at radius 1 is 1.13 bits per heavy atom. The summed E-state index contributed by atoms with van der Waals surface area (Å²) in [7, 11) is 0. The molecule has 1 aromatic heterocycles. The maximum absolute atomic E-state index is 13.5.